The molecule has 0 atom stereocenters. The third kappa shape index (κ3) is 3.91. The van der Waals surface area contributed by atoms with Crippen LogP contribution in [0.1, 0.15) is 28.4 Å². The maximum absolute atomic E-state index is 11.3. The second-order valence-electron chi connectivity index (χ2n) is 5.77. The van der Waals surface area contributed by atoms with Crippen LogP contribution in [0.4, 0.5) is 0 Å². The second-order valence-corrected chi connectivity index (χ2v) is 6.71. The Morgan fingerprint density at radius 2 is 1.92 bits per heavy atom. The zero-order chi connectivity index (χ0) is 17.8. The fourth-order valence-electron chi connectivity index (χ4n) is 2.56. The van der Waals surface area contributed by atoms with E-state index >= 15 is 0 Å². The van der Waals surface area contributed by atoms with Crippen molar-refractivity contribution in [1.82, 2.24) is 14.8 Å². The normalized spacial score (nSPS) is 10.8. The minimum atomic E-state index is -0.412. The first-order chi connectivity index (χ1) is 12.1. The van der Waals surface area contributed by atoms with E-state index in [2.05, 4.69) is 52.9 Å². The Bertz CT molecular complexity index is 887. The van der Waals surface area contributed by atoms with Gasteiger partial charge >= 0.3 is 0 Å². The number of amides is 1. The number of rotatable bonds is 6. The standard InChI is InChI=1S/C19H20N4OS/c1-3-23-18(15-9-7-13(2)8-10-15)21-22-19(23)25-12-14-5-4-6-16(11-14)17(20)24/h4-11H,3,12H2,1-2H3,(H2,20,24). The topological polar surface area (TPSA) is 73.8 Å². The molecule has 0 aliphatic heterocycles. The molecule has 128 valence electrons. The molecule has 0 saturated heterocycles. The molecular weight excluding hydrogens is 332 g/mol. The van der Waals surface area contributed by atoms with Gasteiger partial charge in [-0.05, 0) is 31.5 Å². The SMILES string of the molecule is CCn1c(SCc2cccc(C(N)=O)c2)nnc1-c1ccc(C)cc1. The number of thioether (sulfide) groups is 1. The first-order valence-corrected chi connectivity index (χ1v) is 9.09. The molecule has 2 N–H and O–H groups in total. The van der Waals surface area contributed by atoms with E-state index in [-0.39, 0.29) is 0 Å². The van der Waals surface area contributed by atoms with Gasteiger partial charge in [-0.2, -0.15) is 0 Å². The molecule has 0 radical (unpaired) electrons. The Morgan fingerprint density at radius 3 is 2.60 bits per heavy atom. The molecule has 3 aromatic rings. The zero-order valence-corrected chi connectivity index (χ0v) is 15.1. The lowest BCUT2D eigenvalue weighted by atomic mass is 10.1. The first-order valence-electron chi connectivity index (χ1n) is 8.10. The quantitative estimate of drug-likeness (QED) is 0.687. The van der Waals surface area contributed by atoms with Crippen molar-refractivity contribution in [3.05, 3.63) is 65.2 Å². The van der Waals surface area contributed by atoms with Gasteiger partial charge < -0.3 is 10.3 Å². The van der Waals surface area contributed by atoms with Gasteiger partial charge in [0, 0.05) is 23.4 Å². The largest absolute Gasteiger partial charge is 0.366 e. The van der Waals surface area contributed by atoms with Crippen LogP contribution in [0.25, 0.3) is 11.4 Å². The van der Waals surface area contributed by atoms with Crippen molar-refractivity contribution in [2.45, 2.75) is 31.3 Å². The molecule has 0 aliphatic carbocycles. The molecule has 5 nitrogen and oxygen atoms in total. The highest BCUT2D eigenvalue weighted by Gasteiger charge is 2.13. The number of aryl methyl sites for hydroxylation is 1. The van der Waals surface area contributed by atoms with E-state index < -0.39 is 5.91 Å². The van der Waals surface area contributed by atoms with Crippen LogP contribution in [0.2, 0.25) is 0 Å². The fourth-order valence-corrected chi connectivity index (χ4v) is 3.50. The number of nitrogens with two attached hydrogens (primary N) is 1. The Kier molecular flexibility index (Phi) is 5.19. The third-order valence-corrected chi connectivity index (χ3v) is 4.96. The molecule has 0 saturated carbocycles. The average Bonchev–Trinajstić information content (AvgIpc) is 3.03. The fraction of sp³-hybridized carbons (Fsp3) is 0.211. The van der Waals surface area contributed by atoms with Gasteiger partial charge in [0.15, 0.2) is 11.0 Å². The lowest BCUT2D eigenvalue weighted by Crippen LogP contribution is -2.10. The smallest absolute Gasteiger partial charge is 0.248 e. The molecule has 6 heteroatoms. The second kappa shape index (κ2) is 7.53. The summed E-state index contributed by atoms with van der Waals surface area (Å²) in [5, 5.41) is 9.57. The van der Waals surface area contributed by atoms with Crippen molar-refractivity contribution >= 4 is 17.7 Å². The Labute approximate surface area is 151 Å². The number of hydrogen-bond donors (Lipinski definition) is 1. The predicted molar refractivity (Wildman–Crippen MR) is 100 cm³/mol. The summed E-state index contributed by atoms with van der Waals surface area (Å²) in [7, 11) is 0. The molecule has 0 bridgehead atoms. The number of primary amides is 1. The van der Waals surface area contributed by atoms with Crippen molar-refractivity contribution < 1.29 is 4.79 Å². The van der Waals surface area contributed by atoms with Crippen LogP contribution in [0.3, 0.4) is 0 Å². The summed E-state index contributed by atoms with van der Waals surface area (Å²) in [4.78, 5) is 11.3. The van der Waals surface area contributed by atoms with Crippen molar-refractivity contribution in [2.75, 3.05) is 0 Å². The molecule has 2 aromatic carbocycles. The summed E-state index contributed by atoms with van der Waals surface area (Å²) in [6.45, 7) is 4.94. The molecule has 0 fully saturated rings. The average molecular weight is 352 g/mol. The summed E-state index contributed by atoms with van der Waals surface area (Å²) in [5.74, 6) is 1.16. The molecule has 0 unspecified atom stereocenters. The highest BCUT2D eigenvalue weighted by atomic mass is 32.2. The van der Waals surface area contributed by atoms with E-state index in [4.69, 9.17) is 5.73 Å². The van der Waals surface area contributed by atoms with Gasteiger partial charge in [-0.1, -0.05) is 53.7 Å². The van der Waals surface area contributed by atoms with E-state index in [1.807, 2.05) is 18.2 Å². The van der Waals surface area contributed by atoms with E-state index in [0.29, 0.717) is 11.3 Å². The number of carbonyl (C=O) groups excluding carboxylic acids is 1. The molecule has 3 rings (SSSR count). The van der Waals surface area contributed by atoms with Gasteiger partial charge in [0.25, 0.3) is 0 Å². The van der Waals surface area contributed by atoms with E-state index in [0.717, 1.165) is 28.7 Å². The summed E-state index contributed by atoms with van der Waals surface area (Å²) in [5.41, 5.74) is 9.17. The van der Waals surface area contributed by atoms with Crippen LogP contribution >= 0.6 is 11.8 Å². The van der Waals surface area contributed by atoms with Gasteiger partial charge in [-0.25, -0.2) is 0 Å². The van der Waals surface area contributed by atoms with Gasteiger partial charge in [-0.15, -0.1) is 10.2 Å². The lowest BCUT2D eigenvalue weighted by molar-refractivity contribution is 0.1000. The molecule has 1 amide bonds. The number of aromatic nitrogens is 3. The Balaban J connectivity index is 1.80. The minimum absolute atomic E-state index is 0.412. The third-order valence-electron chi connectivity index (χ3n) is 3.92. The molecule has 1 aromatic heterocycles. The van der Waals surface area contributed by atoms with E-state index in [9.17, 15) is 4.79 Å². The van der Waals surface area contributed by atoms with Crippen molar-refractivity contribution in [2.24, 2.45) is 5.73 Å². The molecule has 1 heterocycles. The highest BCUT2D eigenvalue weighted by Crippen LogP contribution is 2.26. The molecule has 0 aliphatic rings. The molecule has 0 spiro atoms. The van der Waals surface area contributed by atoms with Crippen molar-refractivity contribution in [3.63, 3.8) is 0 Å². The van der Waals surface area contributed by atoms with E-state index in [1.165, 1.54) is 5.56 Å². The summed E-state index contributed by atoms with van der Waals surface area (Å²) in [6, 6.07) is 15.7. The predicted octanol–water partition coefficient (Wildman–Crippen LogP) is 3.66. The lowest BCUT2D eigenvalue weighted by Gasteiger charge is -2.08. The van der Waals surface area contributed by atoms with Crippen LogP contribution in [-0.4, -0.2) is 20.7 Å². The number of benzene rings is 2. The van der Waals surface area contributed by atoms with Crippen LogP contribution < -0.4 is 5.73 Å². The van der Waals surface area contributed by atoms with Crippen LogP contribution in [0.5, 0.6) is 0 Å². The zero-order valence-electron chi connectivity index (χ0n) is 14.3. The van der Waals surface area contributed by atoms with Gasteiger partial charge in [0.2, 0.25) is 5.91 Å². The van der Waals surface area contributed by atoms with Crippen LogP contribution in [0, 0.1) is 6.92 Å². The van der Waals surface area contributed by atoms with Crippen molar-refractivity contribution in [1.29, 1.82) is 0 Å². The molecular formula is C19H20N4OS. The summed E-state index contributed by atoms with van der Waals surface area (Å²) in [6.07, 6.45) is 0. The Hall–Kier alpha value is -2.60. The highest BCUT2D eigenvalue weighted by molar-refractivity contribution is 7.98. The maximum atomic E-state index is 11.3. The molecule has 25 heavy (non-hydrogen) atoms. The number of hydrogen-bond acceptors (Lipinski definition) is 4. The maximum Gasteiger partial charge on any atom is 0.248 e. The van der Waals surface area contributed by atoms with Crippen LogP contribution in [-0.2, 0) is 12.3 Å². The van der Waals surface area contributed by atoms with Gasteiger partial charge in [-0.3, -0.25) is 4.79 Å². The minimum Gasteiger partial charge on any atom is -0.366 e. The summed E-state index contributed by atoms with van der Waals surface area (Å²) < 4.78 is 2.10. The van der Waals surface area contributed by atoms with Crippen molar-refractivity contribution in [3.8, 4) is 11.4 Å². The van der Waals surface area contributed by atoms with Gasteiger partial charge in [0.05, 0.1) is 0 Å². The monoisotopic (exact) mass is 352 g/mol. The first kappa shape index (κ1) is 17.2. The number of carbonyl (C=O) groups is 1. The van der Waals surface area contributed by atoms with Crippen LogP contribution in [0.15, 0.2) is 53.7 Å². The number of nitrogens with zero attached hydrogens (tertiary/aromatic N) is 3. The van der Waals surface area contributed by atoms with Gasteiger partial charge in [0.1, 0.15) is 0 Å². The summed E-state index contributed by atoms with van der Waals surface area (Å²) >= 11 is 1.60. The van der Waals surface area contributed by atoms with E-state index in [1.54, 1.807) is 17.8 Å². The Morgan fingerprint density at radius 1 is 1.16 bits per heavy atom.